The second kappa shape index (κ2) is 14.4. The summed E-state index contributed by atoms with van der Waals surface area (Å²) in [6, 6.07) is 14.1. The van der Waals surface area contributed by atoms with E-state index in [9.17, 15) is 29.6 Å². The van der Waals surface area contributed by atoms with Crippen LogP contribution in [0.1, 0.15) is 50.5 Å². The predicted molar refractivity (Wildman–Crippen MR) is 170 cm³/mol. The lowest BCUT2D eigenvalue weighted by atomic mass is 9.68. The number of hydrogen-bond donors (Lipinski definition) is 2. The fourth-order valence-corrected chi connectivity index (χ4v) is 7.59. The Morgan fingerprint density at radius 1 is 1.00 bits per heavy atom. The van der Waals surface area contributed by atoms with E-state index in [1.54, 1.807) is 11.5 Å². The van der Waals surface area contributed by atoms with Gasteiger partial charge in [0.05, 0.1) is 16.2 Å². The number of carbonyl (C=O) groups excluding carboxylic acids is 2. The number of likely N-dealkylation sites (tertiary alicyclic amines) is 1. The Morgan fingerprint density at radius 3 is 2.31 bits per heavy atom. The number of anilines is 1. The molecule has 6 rings (SSSR count). The van der Waals surface area contributed by atoms with Gasteiger partial charge in [0.1, 0.15) is 11.7 Å². The van der Waals surface area contributed by atoms with Crippen LogP contribution in [0.15, 0.2) is 48.5 Å². The summed E-state index contributed by atoms with van der Waals surface area (Å²) < 4.78 is 5.88. The molecule has 2 N–H and O–H groups in total. The summed E-state index contributed by atoms with van der Waals surface area (Å²) in [6.07, 6.45) is 4.90. The Kier molecular flexibility index (Phi) is 10.4. The molecule has 2 aromatic carbocycles. The topological polar surface area (TPSA) is 157 Å². The maximum atomic E-state index is 13.0. The van der Waals surface area contributed by atoms with E-state index >= 15 is 0 Å². The van der Waals surface area contributed by atoms with Crippen LogP contribution in [-0.4, -0.2) is 86.4 Å². The van der Waals surface area contributed by atoms with Crippen molar-refractivity contribution >= 4 is 50.9 Å². The molecule has 0 bridgehead atoms. The van der Waals surface area contributed by atoms with Crippen molar-refractivity contribution in [1.29, 1.82) is 0 Å². The third-order valence-corrected chi connectivity index (χ3v) is 10.1. The lowest BCUT2D eigenvalue weighted by molar-refractivity contribution is -0.384. The summed E-state index contributed by atoms with van der Waals surface area (Å²) in [7, 11) is 0. The van der Waals surface area contributed by atoms with Crippen molar-refractivity contribution in [3.8, 4) is 0 Å². The summed E-state index contributed by atoms with van der Waals surface area (Å²) in [5.74, 6) is -1.74. The smallest absolute Gasteiger partial charge is 0.316 e. The molecule has 1 spiro atoms. The number of carboxylic acids is 1. The van der Waals surface area contributed by atoms with E-state index < -0.39 is 28.1 Å². The van der Waals surface area contributed by atoms with Crippen molar-refractivity contribution in [2.45, 2.75) is 51.6 Å². The highest BCUT2D eigenvalue weighted by Gasteiger charge is 2.56. The zero-order valence-corrected chi connectivity index (χ0v) is 26.0. The third kappa shape index (κ3) is 7.32. The van der Waals surface area contributed by atoms with Crippen molar-refractivity contribution < 1.29 is 29.5 Å². The highest BCUT2D eigenvalue weighted by atomic mass is 32.1. The molecule has 240 valence electrons. The molecule has 13 heteroatoms. The fourth-order valence-electron chi connectivity index (χ4n) is 6.80. The summed E-state index contributed by atoms with van der Waals surface area (Å²) in [6.45, 7) is 4.92. The number of benzene rings is 2. The SMILES string of the molecule is O=C(O)C1C(=O)N(CCCCN2CCN(c3nsc4ccccc34)CC2)C(=O)CC12CCCC2.O=[N+]([O-])c1ccc(CO)cc1. The zero-order valence-electron chi connectivity index (χ0n) is 25.2. The highest BCUT2D eigenvalue weighted by molar-refractivity contribution is 7.13. The molecule has 2 saturated heterocycles. The molecule has 3 aliphatic rings. The molecule has 3 heterocycles. The van der Waals surface area contributed by atoms with Crippen LogP contribution in [0.5, 0.6) is 0 Å². The molecule has 3 aromatic rings. The molecule has 1 aromatic heterocycles. The Hall–Kier alpha value is -3.94. The number of unbranched alkanes of at least 4 members (excludes halogenated alkanes) is 1. The molecule has 1 saturated carbocycles. The minimum absolute atomic E-state index is 0.0437. The second-order valence-corrected chi connectivity index (χ2v) is 12.8. The van der Waals surface area contributed by atoms with E-state index in [-0.39, 0.29) is 24.6 Å². The molecule has 45 heavy (non-hydrogen) atoms. The number of rotatable bonds is 9. The minimum atomic E-state index is -1.07. The molecule has 1 atom stereocenters. The first-order valence-electron chi connectivity index (χ1n) is 15.5. The van der Waals surface area contributed by atoms with Gasteiger partial charge in [-0.25, -0.2) is 0 Å². The number of non-ortho nitro benzene ring substituents is 1. The number of piperidine rings is 1. The van der Waals surface area contributed by atoms with Crippen molar-refractivity contribution in [3.63, 3.8) is 0 Å². The van der Waals surface area contributed by atoms with E-state index in [1.165, 1.54) is 39.3 Å². The Balaban J connectivity index is 0.000000309. The number of aromatic nitrogens is 1. The van der Waals surface area contributed by atoms with Gasteiger partial charge in [0.15, 0.2) is 0 Å². The number of imide groups is 1. The summed E-state index contributed by atoms with van der Waals surface area (Å²) >= 11 is 1.55. The lowest BCUT2D eigenvalue weighted by Crippen LogP contribution is -2.56. The van der Waals surface area contributed by atoms with Crippen molar-refractivity contribution in [2.75, 3.05) is 44.2 Å². The number of aliphatic hydroxyl groups is 1. The van der Waals surface area contributed by atoms with Gasteiger partial charge in [-0.1, -0.05) is 25.0 Å². The Bertz CT molecular complexity index is 1510. The van der Waals surface area contributed by atoms with Gasteiger partial charge in [0.2, 0.25) is 11.8 Å². The van der Waals surface area contributed by atoms with Crippen LogP contribution in [-0.2, 0) is 21.0 Å². The predicted octanol–water partition coefficient (Wildman–Crippen LogP) is 4.31. The number of carbonyl (C=O) groups is 3. The molecular formula is C32H39N5O7S. The molecular weight excluding hydrogens is 598 g/mol. The zero-order chi connectivity index (χ0) is 32.0. The number of hydrogen-bond acceptors (Lipinski definition) is 10. The minimum Gasteiger partial charge on any atom is -0.481 e. The van der Waals surface area contributed by atoms with Crippen molar-refractivity contribution in [3.05, 3.63) is 64.2 Å². The van der Waals surface area contributed by atoms with Crippen LogP contribution in [0.25, 0.3) is 10.1 Å². The average molecular weight is 638 g/mol. The number of nitro benzene ring substituents is 1. The fraction of sp³-hybridized carbons (Fsp3) is 0.500. The van der Waals surface area contributed by atoms with Gasteiger partial charge in [-0.3, -0.25) is 34.3 Å². The quantitative estimate of drug-likeness (QED) is 0.114. The molecule has 12 nitrogen and oxygen atoms in total. The van der Waals surface area contributed by atoms with Crippen LogP contribution < -0.4 is 4.90 Å². The van der Waals surface area contributed by atoms with Gasteiger partial charge < -0.3 is 15.1 Å². The summed E-state index contributed by atoms with van der Waals surface area (Å²) in [5, 5.41) is 29.7. The van der Waals surface area contributed by atoms with Gasteiger partial charge in [0, 0.05) is 62.1 Å². The number of fused-ring (bicyclic) bond motifs is 1. The van der Waals surface area contributed by atoms with Gasteiger partial charge in [-0.15, -0.1) is 0 Å². The van der Waals surface area contributed by atoms with Crippen molar-refractivity contribution in [1.82, 2.24) is 14.2 Å². The normalized spacial score (nSPS) is 20.0. The number of aliphatic carboxylic acids is 1. The second-order valence-electron chi connectivity index (χ2n) is 12.0. The Labute approximate surface area is 265 Å². The average Bonchev–Trinajstić information content (AvgIpc) is 3.68. The van der Waals surface area contributed by atoms with Gasteiger partial charge >= 0.3 is 5.97 Å². The molecule has 1 unspecified atom stereocenters. The van der Waals surface area contributed by atoms with Crippen LogP contribution in [0.2, 0.25) is 0 Å². The molecule has 3 fully saturated rings. The van der Waals surface area contributed by atoms with Gasteiger partial charge in [-0.05, 0) is 73.6 Å². The Morgan fingerprint density at radius 2 is 1.67 bits per heavy atom. The van der Waals surface area contributed by atoms with E-state index in [0.29, 0.717) is 31.4 Å². The number of aliphatic hydroxyl groups excluding tert-OH is 1. The summed E-state index contributed by atoms with van der Waals surface area (Å²) in [4.78, 5) is 53.3. The number of nitrogens with zero attached hydrogens (tertiary/aromatic N) is 5. The molecule has 0 radical (unpaired) electrons. The first kappa shape index (κ1) is 32.5. The van der Waals surface area contributed by atoms with Crippen LogP contribution in [0.4, 0.5) is 11.5 Å². The van der Waals surface area contributed by atoms with E-state index in [1.807, 2.05) is 6.07 Å². The number of carboxylic acid groups (broad SMARTS) is 1. The number of nitro groups is 1. The molecule has 2 aliphatic heterocycles. The standard InChI is InChI=1S/C25H32N4O4S.C7H7NO3/c30-20-17-25(9-3-4-10-25)21(24(32)33)23(31)29(20)12-6-5-11-27-13-15-28(16-14-27)22-18-7-1-2-8-19(18)34-26-22;9-5-6-1-3-7(4-2-6)8(10)11/h1-2,7-8,21H,3-6,9-17H2,(H,32,33);1-4,9H,5H2. The van der Waals surface area contributed by atoms with Crippen LogP contribution in [0.3, 0.4) is 0 Å². The summed E-state index contributed by atoms with van der Waals surface area (Å²) in [5.41, 5.74) is 0.0662. The molecule has 2 amide bonds. The van der Waals surface area contributed by atoms with Crippen molar-refractivity contribution in [2.24, 2.45) is 11.3 Å². The van der Waals surface area contributed by atoms with Gasteiger partial charge in [-0.2, -0.15) is 4.37 Å². The molecule has 1 aliphatic carbocycles. The largest absolute Gasteiger partial charge is 0.481 e. The van der Waals surface area contributed by atoms with Gasteiger partial charge in [0.25, 0.3) is 5.69 Å². The maximum absolute atomic E-state index is 13.0. The van der Waals surface area contributed by atoms with E-state index in [2.05, 4.69) is 32.4 Å². The monoisotopic (exact) mass is 637 g/mol. The maximum Gasteiger partial charge on any atom is 0.316 e. The number of piperazine rings is 1. The highest BCUT2D eigenvalue weighted by Crippen LogP contribution is 2.50. The van der Waals surface area contributed by atoms with E-state index in [0.717, 1.165) is 57.8 Å². The van der Waals surface area contributed by atoms with Crippen LogP contribution >= 0.6 is 11.5 Å². The first-order valence-corrected chi connectivity index (χ1v) is 16.2. The van der Waals surface area contributed by atoms with Crippen LogP contribution in [0, 0.1) is 21.4 Å². The third-order valence-electron chi connectivity index (χ3n) is 9.24. The number of amides is 2. The lowest BCUT2D eigenvalue weighted by Gasteiger charge is -2.41. The first-order chi connectivity index (χ1) is 21.7. The van der Waals surface area contributed by atoms with E-state index in [4.69, 9.17) is 5.11 Å².